The number of aryl methyl sites for hydroxylation is 2. The van der Waals surface area contributed by atoms with Crippen LogP contribution in [0.4, 0.5) is 0 Å². The molecule has 1 N–H and O–H groups in total. The molecule has 4 nitrogen and oxygen atoms in total. The first-order valence-corrected chi connectivity index (χ1v) is 7.94. The van der Waals surface area contributed by atoms with Crippen molar-refractivity contribution >= 4 is 21.8 Å². The van der Waals surface area contributed by atoms with Gasteiger partial charge in [-0.1, -0.05) is 22.0 Å². The number of rotatable bonds is 3. The summed E-state index contributed by atoms with van der Waals surface area (Å²) in [5.74, 6) is 0.203. The predicted molar refractivity (Wildman–Crippen MR) is 84.8 cm³/mol. The van der Waals surface area contributed by atoms with Crippen molar-refractivity contribution in [1.82, 2.24) is 14.9 Å². The van der Waals surface area contributed by atoms with Gasteiger partial charge in [-0.15, -0.1) is 0 Å². The molecule has 2 aromatic rings. The molecule has 1 aliphatic rings. The van der Waals surface area contributed by atoms with Crippen LogP contribution in [0.5, 0.6) is 0 Å². The predicted octanol–water partition coefficient (Wildman–Crippen LogP) is 2.83. The molecule has 110 valence electrons. The smallest absolute Gasteiger partial charge is 0.223 e. The third-order valence-electron chi connectivity index (χ3n) is 4.10. The molecule has 0 saturated carbocycles. The first-order chi connectivity index (χ1) is 10.1. The Morgan fingerprint density at radius 1 is 1.52 bits per heavy atom. The van der Waals surface area contributed by atoms with Gasteiger partial charge in [-0.05, 0) is 36.6 Å². The van der Waals surface area contributed by atoms with E-state index in [-0.39, 0.29) is 11.8 Å². The number of imidazole rings is 1. The van der Waals surface area contributed by atoms with Gasteiger partial charge in [0.15, 0.2) is 0 Å². The Bertz CT molecular complexity index is 665. The van der Waals surface area contributed by atoms with E-state index in [0.29, 0.717) is 6.54 Å². The topological polar surface area (TPSA) is 46.9 Å². The van der Waals surface area contributed by atoms with Crippen molar-refractivity contribution in [2.45, 2.75) is 32.9 Å². The second-order valence-electron chi connectivity index (χ2n) is 5.56. The van der Waals surface area contributed by atoms with Crippen molar-refractivity contribution in [1.29, 1.82) is 0 Å². The fraction of sp³-hybridized carbons (Fsp3) is 0.375. The number of hydrogen-bond acceptors (Lipinski definition) is 2. The Hall–Kier alpha value is -1.62. The molecule has 0 spiro atoms. The van der Waals surface area contributed by atoms with Crippen LogP contribution in [0.2, 0.25) is 0 Å². The second-order valence-corrected chi connectivity index (χ2v) is 6.47. The summed E-state index contributed by atoms with van der Waals surface area (Å²) in [6.45, 7) is 3.53. The Balaban J connectivity index is 1.60. The van der Waals surface area contributed by atoms with Crippen molar-refractivity contribution in [3.8, 4) is 0 Å². The van der Waals surface area contributed by atoms with Crippen molar-refractivity contribution in [3.63, 3.8) is 0 Å². The fourth-order valence-electron chi connectivity index (χ4n) is 2.78. The maximum Gasteiger partial charge on any atom is 0.223 e. The SMILES string of the molecule is Cc1cc(Br)ccc1CNC(=O)[C@H]1CCn2cncc2C1. The lowest BCUT2D eigenvalue weighted by molar-refractivity contribution is -0.125. The van der Waals surface area contributed by atoms with Crippen LogP contribution < -0.4 is 5.32 Å². The summed E-state index contributed by atoms with van der Waals surface area (Å²) in [6, 6.07) is 6.13. The average Bonchev–Trinajstić information content (AvgIpc) is 2.93. The molecule has 2 heterocycles. The molecular weight excluding hydrogens is 330 g/mol. The first-order valence-electron chi connectivity index (χ1n) is 7.15. The molecule has 0 fully saturated rings. The highest BCUT2D eigenvalue weighted by Crippen LogP contribution is 2.20. The number of nitrogens with zero attached hydrogens (tertiary/aromatic N) is 2. The molecule has 1 aromatic heterocycles. The monoisotopic (exact) mass is 347 g/mol. The number of carbonyl (C=O) groups is 1. The maximum absolute atomic E-state index is 12.3. The summed E-state index contributed by atoms with van der Waals surface area (Å²) in [5.41, 5.74) is 3.50. The summed E-state index contributed by atoms with van der Waals surface area (Å²) in [6.07, 6.45) is 5.37. The van der Waals surface area contributed by atoms with Gasteiger partial charge in [0.2, 0.25) is 5.91 Å². The number of carbonyl (C=O) groups excluding carboxylic acids is 1. The zero-order valence-corrected chi connectivity index (χ0v) is 13.6. The van der Waals surface area contributed by atoms with Crippen LogP contribution in [-0.2, 0) is 24.3 Å². The van der Waals surface area contributed by atoms with Crippen LogP contribution in [-0.4, -0.2) is 15.5 Å². The third-order valence-corrected chi connectivity index (χ3v) is 4.59. The summed E-state index contributed by atoms with van der Waals surface area (Å²) in [4.78, 5) is 16.5. The number of benzene rings is 1. The number of nitrogens with one attached hydrogen (secondary N) is 1. The Morgan fingerprint density at radius 3 is 3.19 bits per heavy atom. The van der Waals surface area contributed by atoms with Crippen LogP contribution in [0, 0.1) is 12.8 Å². The quantitative estimate of drug-likeness (QED) is 0.927. The molecule has 1 aromatic carbocycles. The molecule has 1 atom stereocenters. The largest absolute Gasteiger partial charge is 0.352 e. The van der Waals surface area contributed by atoms with Gasteiger partial charge in [0.1, 0.15) is 0 Å². The summed E-state index contributed by atoms with van der Waals surface area (Å²) < 4.78 is 3.19. The molecule has 21 heavy (non-hydrogen) atoms. The lowest BCUT2D eigenvalue weighted by Gasteiger charge is -2.23. The zero-order chi connectivity index (χ0) is 14.8. The van der Waals surface area contributed by atoms with Crippen LogP contribution in [0.25, 0.3) is 0 Å². The molecular formula is C16H18BrN3O. The molecule has 0 radical (unpaired) electrons. The number of hydrogen-bond donors (Lipinski definition) is 1. The van der Waals surface area contributed by atoms with Crippen molar-refractivity contribution in [2.75, 3.05) is 0 Å². The highest BCUT2D eigenvalue weighted by atomic mass is 79.9. The summed E-state index contributed by atoms with van der Waals surface area (Å²) >= 11 is 3.45. The Kier molecular flexibility index (Phi) is 4.10. The van der Waals surface area contributed by atoms with Gasteiger partial charge in [0.25, 0.3) is 0 Å². The van der Waals surface area contributed by atoms with E-state index in [4.69, 9.17) is 0 Å². The van der Waals surface area contributed by atoms with Gasteiger partial charge in [-0.2, -0.15) is 0 Å². The van der Waals surface area contributed by atoms with E-state index in [1.807, 2.05) is 18.6 Å². The molecule has 0 bridgehead atoms. The minimum Gasteiger partial charge on any atom is -0.352 e. The van der Waals surface area contributed by atoms with Crippen molar-refractivity contribution < 1.29 is 4.79 Å². The first kappa shape index (κ1) is 14.3. The van der Waals surface area contributed by atoms with E-state index in [9.17, 15) is 4.79 Å². The summed E-state index contributed by atoms with van der Waals surface area (Å²) in [7, 11) is 0. The second kappa shape index (κ2) is 6.02. The third kappa shape index (κ3) is 3.18. The fourth-order valence-corrected chi connectivity index (χ4v) is 3.25. The van der Waals surface area contributed by atoms with Crippen LogP contribution in [0.1, 0.15) is 23.2 Å². The van der Waals surface area contributed by atoms with Gasteiger partial charge in [0.05, 0.1) is 6.33 Å². The number of aromatic nitrogens is 2. The average molecular weight is 348 g/mol. The Labute approximate surface area is 132 Å². The molecule has 3 rings (SSSR count). The number of fused-ring (bicyclic) bond motifs is 1. The molecule has 0 aliphatic carbocycles. The zero-order valence-electron chi connectivity index (χ0n) is 12.0. The molecule has 0 saturated heterocycles. The highest BCUT2D eigenvalue weighted by Gasteiger charge is 2.24. The van der Waals surface area contributed by atoms with E-state index in [1.165, 1.54) is 5.56 Å². The standard InChI is InChI=1S/C16H18BrN3O/c1-11-6-14(17)3-2-13(11)8-19-16(21)12-4-5-20-10-18-9-15(20)7-12/h2-3,6,9-10,12H,4-5,7-8H2,1H3,(H,19,21)/t12-/m0/s1. The van der Waals surface area contributed by atoms with Crippen LogP contribution >= 0.6 is 15.9 Å². The van der Waals surface area contributed by atoms with Gasteiger partial charge in [-0.3, -0.25) is 4.79 Å². The Morgan fingerprint density at radius 2 is 2.38 bits per heavy atom. The van der Waals surface area contributed by atoms with E-state index >= 15 is 0 Å². The van der Waals surface area contributed by atoms with E-state index in [2.05, 4.69) is 49.9 Å². The van der Waals surface area contributed by atoms with E-state index in [1.54, 1.807) is 0 Å². The minimum absolute atomic E-state index is 0.0601. The maximum atomic E-state index is 12.3. The van der Waals surface area contributed by atoms with Crippen LogP contribution in [0.15, 0.2) is 35.2 Å². The molecule has 1 aliphatic heterocycles. The molecule has 5 heteroatoms. The van der Waals surface area contributed by atoms with Crippen molar-refractivity contribution in [3.05, 3.63) is 52.0 Å². The van der Waals surface area contributed by atoms with Crippen molar-refractivity contribution in [2.24, 2.45) is 5.92 Å². The van der Waals surface area contributed by atoms with E-state index < -0.39 is 0 Å². The van der Waals surface area contributed by atoms with E-state index in [0.717, 1.165) is 35.1 Å². The minimum atomic E-state index is 0.0601. The summed E-state index contributed by atoms with van der Waals surface area (Å²) in [5, 5.41) is 3.07. The van der Waals surface area contributed by atoms with Gasteiger partial charge in [-0.25, -0.2) is 4.98 Å². The molecule has 1 amide bonds. The number of amides is 1. The highest BCUT2D eigenvalue weighted by molar-refractivity contribution is 9.10. The number of halogens is 1. The lowest BCUT2D eigenvalue weighted by atomic mass is 9.95. The molecule has 0 unspecified atom stereocenters. The normalized spacial score (nSPS) is 17.3. The van der Waals surface area contributed by atoms with Crippen LogP contribution in [0.3, 0.4) is 0 Å². The lowest BCUT2D eigenvalue weighted by Crippen LogP contribution is -2.34. The van der Waals surface area contributed by atoms with Gasteiger partial charge < -0.3 is 9.88 Å². The van der Waals surface area contributed by atoms with Gasteiger partial charge in [0, 0.05) is 41.8 Å². The van der Waals surface area contributed by atoms with Gasteiger partial charge >= 0.3 is 0 Å².